The lowest BCUT2D eigenvalue weighted by Gasteiger charge is -2.24. The van der Waals surface area contributed by atoms with Crippen molar-refractivity contribution in [1.29, 1.82) is 0 Å². The summed E-state index contributed by atoms with van der Waals surface area (Å²) in [6.45, 7) is 5.68. The molecule has 4 nitrogen and oxygen atoms in total. The summed E-state index contributed by atoms with van der Waals surface area (Å²) in [7, 11) is 1.91. The summed E-state index contributed by atoms with van der Waals surface area (Å²) < 4.78 is 5.38. The van der Waals surface area contributed by atoms with Crippen LogP contribution in [-0.2, 0) is 0 Å². The Hall–Kier alpha value is -1.81. The second-order valence-electron chi connectivity index (χ2n) is 5.52. The van der Waals surface area contributed by atoms with E-state index in [0.717, 1.165) is 17.5 Å². The predicted octanol–water partition coefficient (Wildman–Crippen LogP) is 2.41. The van der Waals surface area contributed by atoms with Crippen LogP contribution in [-0.4, -0.2) is 26.0 Å². The van der Waals surface area contributed by atoms with Gasteiger partial charge in [-0.25, -0.2) is 0 Å². The summed E-state index contributed by atoms with van der Waals surface area (Å²) in [5.74, 6) is -0.0888. The quantitative estimate of drug-likeness (QED) is 0.868. The van der Waals surface area contributed by atoms with Crippen LogP contribution >= 0.6 is 0 Å². The Morgan fingerprint density at radius 2 is 2.00 bits per heavy atom. The number of hydrogen-bond donors (Lipinski definition) is 2. The van der Waals surface area contributed by atoms with E-state index in [1.54, 1.807) is 0 Å². The summed E-state index contributed by atoms with van der Waals surface area (Å²) >= 11 is 0. The van der Waals surface area contributed by atoms with Crippen LogP contribution in [0.5, 0.6) is 0 Å². The van der Waals surface area contributed by atoms with E-state index >= 15 is 0 Å². The minimum atomic E-state index is -0.0888. The van der Waals surface area contributed by atoms with E-state index in [9.17, 15) is 4.79 Å². The monoisotopic (exact) mass is 260 g/mol. The normalized spacial score (nSPS) is 11.7. The molecule has 1 aromatic heterocycles. The lowest BCUT2D eigenvalue weighted by molar-refractivity contribution is 0.0937. The molecular formula is C15H20N2O2. The second kappa shape index (κ2) is 5.45. The van der Waals surface area contributed by atoms with Gasteiger partial charge in [0.2, 0.25) is 0 Å². The highest BCUT2D eigenvalue weighted by Crippen LogP contribution is 2.21. The third-order valence-corrected chi connectivity index (χ3v) is 3.11. The molecule has 0 aliphatic carbocycles. The fraction of sp³-hybridized carbons (Fsp3) is 0.400. The highest BCUT2D eigenvalue weighted by atomic mass is 16.3. The van der Waals surface area contributed by atoms with Crippen LogP contribution in [0.4, 0.5) is 0 Å². The summed E-state index contributed by atoms with van der Waals surface area (Å²) in [6, 6.07) is 7.55. The molecule has 19 heavy (non-hydrogen) atoms. The molecular weight excluding hydrogens is 240 g/mol. The number of carbonyl (C=O) groups is 1. The third kappa shape index (κ3) is 3.15. The van der Waals surface area contributed by atoms with Gasteiger partial charge in [-0.2, -0.15) is 0 Å². The van der Waals surface area contributed by atoms with E-state index < -0.39 is 0 Å². The highest BCUT2D eigenvalue weighted by Gasteiger charge is 2.19. The van der Waals surface area contributed by atoms with Crippen LogP contribution in [0, 0.1) is 5.41 Å². The molecule has 102 valence electrons. The SMILES string of the molecule is CNCC(C)(C)CNC(=O)c1coc2ccccc12. The van der Waals surface area contributed by atoms with Crippen LogP contribution < -0.4 is 10.6 Å². The second-order valence-corrected chi connectivity index (χ2v) is 5.52. The van der Waals surface area contributed by atoms with Crippen molar-refractivity contribution in [1.82, 2.24) is 10.6 Å². The zero-order valence-electron chi connectivity index (χ0n) is 11.6. The van der Waals surface area contributed by atoms with E-state index in [-0.39, 0.29) is 11.3 Å². The Labute approximate surface area is 113 Å². The lowest BCUT2D eigenvalue weighted by atomic mass is 9.93. The maximum absolute atomic E-state index is 12.2. The maximum atomic E-state index is 12.2. The molecule has 0 aliphatic rings. The summed E-state index contributed by atoms with van der Waals surface area (Å²) in [6.07, 6.45) is 1.52. The molecule has 0 atom stereocenters. The molecule has 0 saturated carbocycles. The van der Waals surface area contributed by atoms with Crippen LogP contribution in [0.1, 0.15) is 24.2 Å². The van der Waals surface area contributed by atoms with Crippen molar-refractivity contribution >= 4 is 16.9 Å². The van der Waals surface area contributed by atoms with Gasteiger partial charge in [-0.05, 0) is 18.5 Å². The van der Waals surface area contributed by atoms with Crippen LogP contribution in [0.3, 0.4) is 0 Å². The average molecular weight is 260 g/mol. The molecule has 2 N–H and O–H groups in total. The van der Waals surface area contributed by atoms with Crippen LogP contribution in [0.25, 0.3) is 11.0 Å². The summed E-state index contributed by atoms with van der Waals surface area (Å²) in [5, 5.41) is 6.94. The van der Waals surface area contributed by atoms with Gasteiger partial charge in [-0.3, -0.25) is 4.79 Å². The van der Waals surface area contributed by atoms with Crippen molar-refractivity contribution < 1.29 is 9.21 Å². The van der Waals surface area contributed by atoms with Crippen LogP contribution in [0.2, 0.25) is 0 Å². The predicted molar refractivity (Wildman–Crippen MR) is 76.3 cm³/mol. The molecule has 2 aromatic rings. The molecule has 0 aliphatic heterocycles. The van der Waals surface area contributed by atoms with Gasteiger partial charge in [0.15, 0.2) is 0 Å². The van der Waals surface area contributed by atoms with Crippen molar-refractivity contribution in [3.05, 3.63) is 36.1 Å². The van der Waals surface area contributed by atoms with Gasteiger partial charge in [0, 0.05) is 18.5 Å². The molecule has 2 rings (SSSR count). The number of carbonyl (C=O) groups excluding carboxylic acids is 1. The third-order valence-electron chi connectivity index (χ3n) is 3.11. The Bertz CT molecular complexity index is 572. The smallest absolute Gasteiger partial charge is 0.255 e. The number of nitrogens with one attached hydrogen (secondary N) is 2. The number of fused-ring (bicyclic) bond motifs is 1. The van der Waals surface area contributed by atoms with Gasteiger partial charge in [0.1, 0.15) is 11.8 Å². The molecule has 1 aromatic carbocycles. The van der Waals surface area contributed by atoms with E-state index in [4.69, 9.17) is 4.42 Å². The molecule has 0 radical (unpaired) electrons. The van der Waals surface area contributed by atoms with E-state index in [2.05, 4.69) is 24.5 Å². The van der Waals surface area contributed by atoms with Gasteiger partial charge in [0.05, 0.1) is 5.56 Å². The molecule has 1 heterocycles. The Kier molecular flexibility index (Phi) is 3.90. The lowest BCUT2D eigenvalue weighted by Crippen LogP contribution is -2.39. The van der Waals surface area contributed by atoms with Gasteiger partial charge in [-0.1, -0.05) is 32.0 Å². The van der Waals surface area contributed by atoms with E-state index in [1.165, 1.54) is 6.26 Å². The van der Waals surface area contributed by atoms with Crippen molar-refractivity contribution in [3.63, 3.8) is 0 Å². The van der Waals surface area contributed by atoms with Crippen molar-refractivity contribution in [2.45, 2.75) is 13.8 Å². The Morgan fingerprint density at radius 3 is 2.74 bits per heavy atom. The number of para-hydroxylation sites is 1. The zero-order chi connectivity index (χ0) is 13.9. The topological polar surface area (TPSA) is 54.3 Å². The fourth-order valence-corrected chi connectivity index (χ4v) is 2.11. The molecule has 0 unspecified atom stereocenters. The first-order chi connectivity index (χ1) is 9.03. The number of amides is 1. The number of rotatable bonds is 5. The largest absolute Gasteiger partial charge is 0.463 e. The minimum Gasteiger partial charge on any atom is -0.463 e. The minimum absolute atomic E-state index is 0.0178. The van der Waals surface area contributed by atoms with E-state index in [1.807, 2.05) is 31.3 Å². The average Bonchev–Trinajstić information content (AvgIpc) is 2.80. The zero-order valence-corrected chi connectivity index (χ0v) is 11.6. The Balaban J connectivity index is 2.08. The first kappa shape index (κ1) is 13.6. The number of hydrogen-bond acceptors (Lipinski definition) is 3. The fourth-order valence-electron chi connectivity index (χ4n) is 2.11. The van der Waals surface area contributed by atoms with Crippen molar-refractivity contribution in [2.75, 3.05) is 20.1 Å². The van der Waals surface area contributed by atoms with Gasteiger partial charge < -0.3 is 15.1 Å². The molecule has 4 heteroatoms. The van der Waals surface area contributed by atoms with Gasteiger partial charge >= 0.3 is 0 Å². The standard InChI is InChI=1S/C15H20N2O2/c1-15(2,9-16-3)10-17-14(18)12-8-19-13-7-5-4-6-11(12)13/h4-8,16H,9-10H2,1-3H3,(H,17,18). The highest BCUT2D eigenvalue weighted by molar-refractivity contribution is 6.05. The summed E-state index contributed by atoms with van der Waals surface area (Å²) in [5.41, 5.74) is 1.35. The van der Waals surface area contributed by atoms with Crippen molar-refractivity contribution in [2.24, 2.45) is 5.41 Å². The molecule has 0 spiro atoms. The summed E-state index contributed by atoms with van der Waals surface area (Å²) in [4.78, 5) is 12.2. The number of furan rings is 1. The van der Waals surface area contributed by atoms with Gasteiger partial charge in [-0.15, -0.1) is 0 Å². The van der Waals surface area contributed by atoms with Gasteiger partial charge in [0.25, 0.3) is 5.91 Å². The number of benzene rings is 1. The first-order valence-corrected chi connectivity index (χ1v) is 6.42. The molecule has 0 saturated heterocycles. The maximum Gasteiger partial charge on any atom is 0.255 e. The first-order valence-electron chi connectivity index (χ1n) is 6.42. The molecule has 1 amide bonds. The van der Waals surface area contributed by atoms with Crippen molar-refractivity contribution in [3.8, 4) is 0 Å². The molecule has 0 bridgehead atoms. The van der Waals surface area contributed by atoms with Crippen LogP contribution in [0.15, 0.2) is 34.9 Å². The Morgan fingerprint density at radius 1 is 1.26 bits per heavy atom. The molecule has 0 fully saturated rings. The van der Waals surface area contributed by atoms with E-state index in [0.29, 0.717) is 12.1 Å².